The number of rotatable bonds is 3. The first-order valence-corrected chi connectivity index (χ1v) is 7.73. The fourth-order valence-corrected chi connectivity index (χ4v) is 3.59. The summed E-state index contributed by atoms with van der Waals surface area (Å²) in [6.45, 7) is 0. The number of nitriles is 1. The van der Waals surface area contributed by atoms with Gasteiger partial charge in [-0.2, -0.15) is 5.26 Å². The van der Waals surface area contributed by atoms with E-state index in [1.807, 2.05) is 6.07 Å². The van der Waals surface area contributed by atoms with E-state index < -0.39 is 10.0 Å². The number of para-hydroxylation sites is 1. The third-order valence-corrected chi connectivity index (χ3v) is 5.21. The molecule has 0 aliphatic heterocycles. The number of nitrogen functional groups attached to an aromatic ring is 1. The molecule has 0 spiro atoms. The summed E-state index contributed by atoms with van der Waals surface area (Å²) < 4.78 is 26.3. The van der Waals surface area contributed by atoms with Crippen molar-refractivity contribution in [3.63, 3.8) is 0 Å². The van der Waals surface area contributed by atoms with Gasteiger partial charge in [-0.25, -0.2) is 8.42 Å². The van der Waals surface area contributed by atoms with Crippen LogP contribution in [0.15, 0.2) is 47.4 Å². The molecule has 0 bridgehead atoms. The Bertz CT molecular complexity index is 828. The molecule has 21 heavy (non-hydrogen) atoms. The van der Waals surface area contributed by atoms with Crippen LogP contribution in [0.1, 0.15) is 5.56 Å². The molecule has 0 heterocycles. The molecule has 0 radical (unpaired) electrons. The summed E-state index contributed by atoms with van der Waals surface area (Å²) in [6, 6.07) is 12.6. The smallest absolute Gasteiger partial charge is 0.265 e. The van der Waals surface area contributed by atoms with Gasteiger partial charge in [-0.1, -0.05) is 23.7 Å². The normalized spacial score (nSPS) is 10.9. The van der Waals surface area contributed by atoms with E-state index in [-0.39, 0.29) is 21.2 Å². The van der Waals surface area contributed by atoms with Crippen molar-refractivity contribution in [1.82, 2.24) is 0 Å². The maximum atomic E-state index is 12.6. The van der Waals surface area contributed by atoms with Crippen molar-refractivity contribution in [3.8, 4) is 6.07 Å². The van der Waals surface area contributed by atoms with Crippen LogP contribution in [0.2, 0.25) is 5.02 Å². The van der Waals surface area contributed by atoms with E-state index in [0.717, 1.165) is 4.31 Å². The number of hydrogen-bond donors (Lipinski definition) is 1. The van der Waals surface area contributed by atoms with E-state index in [4.69, 9.17) is 22.6 Å². The first kappa shape index (κ1) is 15.2. The van der Waals surface area contributed by atoms with Gasteiger partial charge in [-0.05, 0) is 30.3 Å². The lowest BCUT2D eigenvalue weighted by Gasteiger charge is -2.21. The number of halogens is 1. The second kappa shape index (κ2) is 5.64. The highest BCUT2D eigenvalue weighted by Crippen LogP contribution is 2.30. The molecule has 0 aliphatic carbocycles. The lowest BCUT2D eigenvalue weighted by molar-refractivity contribution is 0.594. The zero-order valence-electron chi connectivity index (χ0n) is 11.1. The van der Waals surface area contributed by atoms with Crippen LogP contribution in [0.4, 0.5) is 11.4 Å². The van der Waals surface area contributed by atoms with E-state index in [9.17, 15) is 8.42 Å². The standard InChI is InChI=1S/C14H12ClN3O2S/c1-18(13-5-3-2-4-10(13)9-16)21(19,20)14-7-6-11(17)8-12(14)15/h2-8H,17H2,1H3. The summed E-state index contributed by atoms with van der Waals surface area (Å²) >= 11 is 5.97. The van der Waals surface area contributed by atoms with Gasteiger partial charge >= 0.3 is 0 Å². The van der Waals surface area contributed by atoms with Crippen molar-refractivity contribution in [1.29, 1.82) is 5.26 Å². The molecular weight excluding hydrogens is 310 g/mol. The van der Waals surface area contributed by atoms with Crippen molar-refractivity contribution in [3.05, 3.63) is 53.1 Å². The molecule has 0 fully saturated rings. The van der Waals surface area contributed by atoms with E-state index in [1.54, 1.807) is 24.3 Å². The number of benzene rings is 2. The molecule has 5 nitrogen and oxygen atoms in total. The van der Waals surface area contributed by atoms with E-state index in [0.29, 0.717) is 5.69 Å². The minimum Gasteiger partial charge on any atom is -0.399 e. The first-order valence-electron chi connectivity index (χ1n) is 5.91. The van der Waals surface area contributed by atoms with Gasteiger partial charge in [0.2, 0.25) is 0 Å². The summed E-state index contributed by atoms with van der Waals surface area (Å²) in [7, 11) is -2.50. The zero-order chi connectivity index (χ0) is 15.6. The fourth-order valence-electron chi connectivity index (χ4n) is 1.85. The van der Waals surface area contributed by atoms with Crippen molar-refractivity contribution in [2.75, 3.05) is 17.1 Å². The fraction of sp³-hybridized carbons (Fsp3) is 0.0714. The van der Waals surface area contributed by atoms with Crippen LogP contribution in [-0.2, 0) is 10.0 Å². The molecule has 2 aromatic carbocycles. The molecule has 0 saturated carbocycles. The van der Waals surface area contributed by atoms with Crippen LogP contribution in [0.3, 0.4) is 0 Å². The lowest BCUT2D eigenvalue weighted by atomic mass is 10.2. The summed E-state index contributed by atoms with van der Waals surface area (Å²) in [5, 5.41) is 9.12. The van der Waals surface area contributed by atoms with Crippen LogP contribution in [0.5, 0.6) is 0 Å². The van der Waals surface area contributed by atoms with Gasteiger partial charge in [-0.3, -0.25) is 4.31 Å². The maximum Gasteiger partial charge on any atom is 0.265 e. The first-order chi connectivity index (χ1) is 9.87. The molecule has 0 atom stereocenters. The van der Waals surface area contributed by atoms with Crippen LogP contribution >= 0.6 is 11.6 Å². The summed E-state index contributed by atoms with van der Waals surface area (Å²) in [6.07, 6.45) is 0. The van der Waals surface area contributed by atoms with Crippen molar-refractivity contribution < 1.29 is 8.42 Å². The Kier molecular flexibility index (Phi) is 4.07. The lowest BCUT2D eigenvalue weighted by Crippen LogP contribution is -2.27. The van der Waals surface area contributed by atoms with Crippen molar-refractivity contribution in [2.24, 2.45) is 0 Å². The third kappa shape index (κ3) is 2.79. The summed E-state index contributed by atoms with van der Waals surface area (Å²) in [4.78, 5) is -0.0615. The second-order valence-electron chi connectivity index (χ2n) is 4.29. The molecule has 2 rings (SSSR count). The largest absolute Gasteiger partial charge is 0.399 e. The van der Waals surface area contributed by atoms with Crippen molar-refractivity contribution >= 4 is 33.0 Å². The Balaban J connectivity index is 2.56. The Labute approximate surface area is 128 Å². The highest BCUT2D eigenvalue weighted by atomic mass is 35.5. The summed E-state index contributed by atoms with van der Waals surface area (Å²) in [5.74, 6) is 0. The van der Waals surface area contributed by atoms with Gasteiger partial charge in [0.25, 0.3) is 10.0 Å². The highest BCUT2D eigenvalue weighted by Gasteiger charge is 2.25. The molecule has 0 unspecified atom stereocenters. The topological polar surface area (TPSA) is 87.2 Å². The Morgan fingerprint density at radius 3 is 2.52 bits per heavy atom. The molecule has 0 aliphatic rings. The molecule has 2 aromatic rings. The van der Waals surface area contributed by atoms with Crippen LogP contribution in [-0.4, -0.2) is 15.5 Å². The van der Waals surface area contributed by atoms with Gasteiger partial charge in [0, 0.05) is 12.7 Å². The predicted octanol–water partition coefficient (Wildman–Crippen LogP) is 2.62. The van der Waals surface area contributed by atoms with Crippen molar-refractivity contribution in [2.45, 2.75) is 4.90 Å². The van der Waals surface area contributed by atoms with Crippen LogP contribution < -0.4 is 10.0 Å². The van der Waals surface area contributed by atoms with Gasteiger partial charge in [-0.15, -0.1) is 0 Å². The van der Waals surface area contributed by atoms with Gasteiger partial charge < -0.3 is 5.73 Å². The van der Waals surface area contributed by atoms with E-state index in [1.165, 1.54) is 25.2 Å². The molecule has 2 N–H and O–H groups in total. The number of sulfonamides is 1. The quantitative estimate of drug-likeness (QED) is 0.880. The summed E-state index contributed by atoms with van der Waals surface area (Å²) in [5.41, 5.74) is 6.49. The maximum absolute atomic E-state index is 12.6. The van der Waals surface area contributed by atoms with Crippen LogP contribution in [0.25, 0.3) is 0 Å². The average molecular weight is 322 g/mol. The molecular formula is C14H12ClN3O2S. The molecule has 0 amide bonds. The molecule has 108 valence electrons. The predicted molar refractivity (Wildman–Crippen MR) is 82.6 cm³/mol. The number of anilines is 2. The highest BCUT2D eigenvalue weighted by molar-refractivity contribution is 7.93. The Hall–Kier alpha value is -2.23. The number of nitrogens with zero attached hydrogens (tertiary/aromatic N) is 2. The average Bonchev–Trinajstić information content (AvgIpc) is 2.46. The minimum absolute atomic E-state index is 0.0382. The second-order valence-corrected chi connectivity index (χ2v) is 6.64. The molecule has 0 saturated heterocycles. The SMILES string of the molecule is CN(c1ccccc1C#N)S(=O)(=O)c1ccc(N)cc1Cl. The van der Waals surface area contributed by atoms with E-state index in [2.05, 4.69) is 0 Å². The number of nitrogens with two attached hydrogens (primary N) is 1. The number of hydrogen-bond acceptors (Lipinski definition) is 4. The Morgan fingerprint density at radius 1 is 1.24 bits per heavy atom. The zero-order valence-corrected chi connectivity index (χ0v) is 12.7. The monoisotopic (exact) mass is 321 g/mol. The van der Waals surface area contributed by atoms with Gasteiger partial charge in [0.1, 0.15) is 11.0 Å². The third-order valence-electron chi connectivity index (χ3n) is 2.96. The van der Waals surface area contributed by atoms with Gasteiger partial charge in [0.05, 0.1) is 16.3 Å². The minimum atomic E-state index is -3.88. The van der Waals surface area contributed by atoms with Crippen LogP contribution in [0, 0.1) is 11.3 Å². The van der Waals surface area contributed by atoms with Gasteiger partial charge in [0.15, 0.2) is 0 Å². The Morgan fingerprint density at radius 2 is 1.90 bits per heavy atom. The van der Waals surface area contributed by atoms with E-state index >= 15 is 0 Å². The molecule has 0 aromatic heterocycles. The molecule has 7 heteroatoms.